The van der Waals surface area contributed by atoms with Crippen LogP contribution in [0.4, 0.5) is 0 Å². The van der Waals surface area contributed by atoms with E-state index in [1.807, 2.05) is 0 Å². The topological polar surface area (TPSA) is 623 Å². The highest BCUT2D eigenvalue weighted by atomic mass is 16.7. The first-order valence-corrected chi connectivity index (χ1v) is 34.1. The highest BCUT2D eigenvalue weighted by Gasteiger charge is 2.47. The Morgan fingerprint density at radius 2 is 0.782 bits per heavy atom. The maximum absolute atomic E-state index is 14.3. The van der Waals surface area contributed by atoms with Crippen molar-refractivity contribution in [2.75, 3.05) is 85.5 Å². The van der Waals surface area contributed by atoms with Crippen molar-refractivity contribution in [1.29, 1.82) is 10.8 Å². The molecule has 0 saturated carbocycles. The molecule has 0 bridgehead atoms. The van der Waals surface area contributed by atoms with Crippen LogP contribution in [-0.2, 0) is 76.6 Å². The van der Waals surface area contributed by atoms with Gasteiger partial charge in [-0.15, -0.1) is 0 Å². The molecule has 24 N–H and O–H groups in total. The fraction of sp³-hybridized carbons (Fsp3) is 0.738. The summed E-state index contributed by atoms with van der Waals surface area (Å²) in [7, 11) is 0. The molecule has 0 aromatic rings. The molecule has 4 aliphatic rings. The molecule has 0 aliphatic carbocycles. The number of ether oxygens (including phenoxy) is 2. The van der Waals surface area contributed by atoms with Crippen LogP contribution in [0.2, 0.25) is 0 Å². The van der Waals surface area contributed by atoms with Gasteiger partial charge in [0, 0.05) is 39.3 Å². The normalized spacial score (nSPS) is 19.5. The largest absolute Gasteiger partial charge is 0.480 e. The number of carboxylic acid groups (broad SMARTS) is 2. The minimum absolute atomic E-state index is 0.00966. The summed E-state index contributed by atoms with van der Waals surface area (Å²) < 4.78 is 10.2. The molecule has 101 heavy (non-hydrogen) atoms. The SMILES string of the molecule is CC(O)C(NC(=O)CNC(=O)COCOCC(=O)NCC(=O)NC(C(=O)N[C@@H](CCCCN)C(=O)N1CCC[C@H]1C(=O)N1CCC[C@H]1C(=O)N[C@H](CCCNC(=N)N)C(=O)O)C(C)O)C(=O)N[C@@H](CCCCN)C(=O)N1CCC[C@H]1C(=O)N1CCC[C@H]1C(=O)N[C@@H](CCCNC(=N)N)C(=O)O. The lowest BCUT2D eigenvalue weighted by Gasteiger charge is -2.33. The van der Waals surface area contributed by atoms with Gasteiger partial charge >= 0.3 is 11.9 Å². The molecule has 4 heterocycles. The summed E-state index contributed by atoms with van der Waals surface area (Å²) in [6, 6.07) is -12.5. The second-order valence-corrected chi connectivity index (χ2v) is 25.2. The molecule has 0 aromatic carbocycles. The van der Waals surface area contributed by atoms with Gasteiger partial charge in [0.1, 0.15) is 80.4 Å². The third-order valence-electron chi connectivity index (χ3n) is 17.3. The fourth-order valence-corrected chi connectivity index (χ4v) is 12.1. The van der Waals surface area contributed by atoms with Gasteiger partial charge in [0.25, 0.3) is 0 Å². The van der Waals surface area contributed by atoms with E-state index in [4.69, 9.17) is 43.2 Å². The number of carbonyl (C=O) groups is 14. The van der Waals surface area contributed by atoms with Crippen molar-refractivity contribution >= 4 is 94.7 Å². The number of aliphatic hydroxyl groups excluding tert-OH is 2. The molecule has 4 rings (SSSR count). The smallest absolute Gasteiger partial charge is 0.326 e. The Bertz CT molecular complexity index is 2710. The van der Waals surface area contributed by atoms with E-state index in [0.29, 0.717) is 51.4 Å². The third-order valence-corrected chi connectivity index (χ3v) is 17.3. The number of nitrogens with one attached hydrogen (secondary N) is 12. The number of hydrogen-bond acceptors (Lipinski definition) is 22. The van der Waals surface area contributed by atoms with Crippen molar-refractivity contribution in [2.24, 2.45) is 22.9 Å². The van der Waals surface area contributed by atoms with Crippen LogP contribution in [-0.4, -0.2) is 293 Å². The lowest BCUT2D eigenvalue weighted by atomic mass is 10.0. The predicted octanol–water partition coefficient (Wildman–Crippen LogP) is -8.20. The Labute approximate surface area is 584 Å². The van der Waals surface area contributed by atoms with Crippen molar-refractivity contribution in [3.63, 3.8) is 0 Å². The van der Waals surface area contributed by atoms with Crippen LogP contribution in [0.15, 0.2) is 0 Å². The lowest BCUT2D eigenvalue weighted by Crippen LogP contribution is -2.60. The number of carboxylic acids is 2. The van der Waals surface area contributed by atoms with Crippen molar-refractivity contribution in [3.05, 3.63) is 0 Å². The summed E-state index contributed by atoms with van der Waals surface area (Å²) in [4.78, 5) is 192. The maximum Gasteiger partial charge on any atom is 0.326 e. The lowest BCUT2D eigenvalue weighted by molar-refractivity contribution is -0.149. The zero-order valence-corrected chi connectivity index (χ0v) is 57.3. The number of unbranched alkanes of at least 4 members (excludes halogenated alkanes) is 2. The molecule has 0 radical (unpaired) electrons. The number of likely N-dealkylation sites (tertiary alicyclic amines) is 4. The first-order valence-electron chi connectivity index (χ1n) is 34.1. The molecule has 4 unspecified atom stereocenters. The summed E-state index contributed by atoms with van der Waals surface area (Å²) in [5.41, 5.74) is 22.0. The number of rotatable bonds is 44. The highest BCUT2D eigenvalue weighted by Crippen LogP contribution is 2.29. The second kappa shape index (κ2) is 43.5. The molecule has 0 aromatic heterocycles. The summed E-state index contributed by atoms with van der Waals surface area (Å²) in [5.74, 6) is -12.5. The molecule has 12 amide bonds. The first-order chi connectivity index (χ1) is 48.0. The minimum atomic E-state index is -1.65. The van der Waals surface area contributed by atoms with E-state index in [2.05, 4.69) is 53.2 Å². The molecule has 40 heteroatoms. The monoisotopic (exact) mass is 1440 g/mol. The van der Waals surface area contributed by atoms with Crippen LogP contribution in [0.3, 0.4) is 0 Å². The Morgan fingerprint density at radius 3 is 1.11 bits per heavy atom. The van der Waals surface area contributed by atoms with E-state index in [1.165, 1.54) is 33.4 Å². The molecule has 40 nitrogen and oxygen atoms in total. The van der Waals surface area contributed by atoms with E-state index in [-0.39, 0.29) is 128 Å². The third kappa shape index (κ3) is 27.7. The van der Waals surface area contributed by atoms with Gasteiger partial charge in [-0.1, -0.05) is 0 Å². The highest BCUT2D eigenvalue weighted by molar-refractivity contribution is 5.99. The van der Waals surface area contributed by atoms with Crippen molar-refractivity contribution in [2.45, 2.75) is 202 Å². The Morgan fingerprint density at radius 1 is 0.446 bits per heavy atom. The van der Waals surface area contributed by atoms with E-state index in [1.54, 1.807) is 0 Å². The van der Waals surface area contributed by atoms with Crippen LogP contribution in [0.1, 0.15) is 129 Å². The van der Waals surface area contributed by atoms with Gasteiger partial charge in [-0.2, -0.15) is 0 Å². The van der Waals surface area contributed by atoms with Crippen molar-refractivity contribution < 1.29 is 97.0 Å². The van der Waals surface area contributed by atoms with E-state index in [9.17, 15) is 87.5 Å². The van der Waals surface area contributed by atoms with Gasteiger partial charge in [0.15, 0.2) is 11.9 Å². The summed E-state index contributed by atoms with van der Waals surface area (Å²) in [5, 5.41) is 79.9. The minimum Gasteiger partial charge on any atom is -0.480 e. The number of nitrogens with two attached hydrogens (primary N) is 4. The number of aliphatic hydroxyl groups is 2. The average molecular weight is 1440 g/mol. The fourth-order valence-electron chi connectivity index (χ4n) is 12.1. The Hall–Kier alpha value is -9.12. The summed E-state index contributed by atoms with van der Waals surface area (Å²) in [6.45, 7) is 0.320. The summed E-state index contributed by atoms with van der Waals surface area (Å²) >= 11 is 0. The van der Waals surface area contributed by atoms with Gasteiger partial charge < -0.3 is 126 Å². The van der Waals surface area contributed by atoms with Crippen molar-refractivity contribution in [3.8, 4) is 0 Å². The quantitative estimate of drug-likeness (QED) is 0.0117. The van der Waals surface area contributed by atoms with Crippen LogP contribution in [0.25, 0.3) is 0 Å². The number of hydrogen-bond donors (Lipinski definition) is 20. The maximum atomic E-state index is 14.3. The van der Waals surface area contributed by atoms with Gasteiger partial charge in [0.2, 0.25) is 70.9 Å². The zero-order valence-electron chi connectivity index (χ0n) is 57.3. The Kier molecular flexibility index (Phi) is 36.3. The van der Waals surface area contributed by atoms with E-state index in [0.717, 1.165) is 0 Å². The molecular formula is C61H104N20O20. The predicted molar refractivity (Wildman–Crippen MR) is 356 cm³/mol. The molecule has 12 atom stereocenters. The molecule has 4 saturated heterocycles. The Balaban J connectivity index is 1.22. The molecule has 4 aliphatic heterocycles. The first kappa shape index (κ1) is 84.3. The molecule has 568 valence electrons. The number of nitrogens with zero attached hydrogens (tertiary/aromatic N) is 4. The van der Waals surface area contributed by atoms with Gasteiger partial charge in [-0.3, -0.25) is 68.4 Å². The average Bonchev–Trinajstić information content (AvgIpc) is 1.68. The van der Waals surface area contributed by atoms with Crippen LogP contribution >= 0.6 is 0 Å². The number of guanidine groups is 2. The zero-order chi connectivity index (χ0) is 74.9. The van der Waals surface area contributed by atoms with Crippen LogP contribution < -0.4 is 76.1 Å². The standard InChI is InChI=1S/C61H104N20O20/c1-34(82)48(52(90)72-36(13-3-5-21-62)54(92)80-27-11-19-42(80)56(94)78-25-9-17-40(78)50(88)74-38(58(96)97)15-7-23-68-60(64)65)76-44(84)29-70-46(86)31-100-33-101-32-47(87)71-30-45(85)77-49(35(2)83)53(91)73-37(14-4-6-22-63)55(93)81-28-12-20-43(81)57(95)79-26-10-18-41(79)51(89)75-39(59(98)99)16-8-24-69-61(66)67/h34-43,48-49,82-83H,3-33,62-63H2,1-2H3,(H,70,86)(H,71,87)(H,72,90)(H,73,91)(H,74,88)(H,75,89)(H,76,84)(H,77,85)(H,96,97)(H,98,99)(H4,64,65,68)(H4,66,67,69)/t34?,35?,36-,37-,38-,39+,40-,41-,42-,43-,48?,49?/m0/s1. The van der Waals surface area contributed by atoms with Crippen LogP contribution in [0.5, 0.6) is 0 Å². The van der Waals surface area contributed by atoms with Crippen molar-refractivity contribution in [1.82, 2.24) is 72.8 Å². The van der Waals surface area contributed by atoms with Crippen LogP contribution in [0, 0.1) is 10.8 Å². The van der Waals surface area contributed by atoms with Gasteiger partial charge in [-0.25, -0.2) is 9.59 Å². The number of carbonyl (C=O) groups excluding carboxylic acids is 12. The van der Waals surface area contributed by atoms with E-state index >= 15 is 0 Å². The second-order valence-electron chi connectivity index (χ2n) is 25.2. The van der Waals surface area contributed by atoms with E-state index < -0.39 is 189 Å². The molecule has 4 fully saturated rings. The van der Waals surface area contributed by atoms with Gasteiger partial charge in [0.05, 0.1) is 25.3 Å². The van der Waals surface area contributed by atoms with Gasteiger partial charge in [-0.05, 0) is 143 Å². The number of aliphatic carboxylic acids is 2. The number of amides is 12. The molecular weight excluding hydrogens is 1330 g/mol. The summed E-state index contributed by atoms with van der Waals surface area (Å²) in [6.07, 6.45) is 1.70. The molecule has 0 spiro atoms.